The van der Waals surface area contributed by atoms with Crippen molar-refractivity contribution in [2.45, 2.75) is 26.2 Å². The number of aromatic nitrogens is 2. The van der Waals surface area contributed by atoms with Gasteiger partial charge in [-0.25, -0.2) is 27.5 Å². The highest BCUT2D eigenvalue weighted by atomic mass is 19.3. The second-order valence-electron chi connectivity index (χ2n) is 11.0. The van der Waals surface area contributed by atoms with Crippen molar-refractivity contribution in [3.8, 4) is 5.75 Å². The third kappa shape index (κ3) is 5.81. The number of alkyl halides is 2. The Hall–Kier alpha value is -4.39. The third-order valence-corrected chi connectivity index (χ3v) is 7.67. The Morgan fingerprint density at radius 1 is 1.16 bits per heavy atom. The molecule has 9 nitrogen and oxygen atoms in total. The molecule has 13 heteroatoms. The number of aliphatic imine (C=N–C) groups is 1. The first-order valence-electron chi connectivity index (χ1n) is 14.1. The number of hydrogen-bond donors (Lipinski definition) is 3. The van der Waals surface area contributed by atoms with E-state index >= 15 is 4.39 Å². The van der Waals surface area contributed by atoms with Crippen LogP contribution in [0.5, 0.6) is 5.75 Å². The van der Waals surface area contributed by atoms with Gasteiger partial charge in [-0.2, -0.15) is 0 Å². The summed E-state index contributed by atoms with van der Waals surface area (Å²) in [6.07, 6.45) is 5.27. The Balaban J connectivity index is 1.40. The van der Waals surface area contributed by atoms with Gasteiger partial charge in [-0.3, -0.25) is 4.79 Å². The van der Waals surface area contributed by atoms with Gasteiger partial charge in [-0.05, 0) is 31.5 Å². The van der Waals surface area contributed by atoms with Crippen molar-refractivity contribution in [1.82, 2.24) is 20.2 Å². The molecule has 43 heavy (non-hydrogen) atoms. The monoisotopic (exact) mass is 597 g/mol. The van der Waals surface area contributed by atoms with Crippen LogP contribution in [-0.4, -0.2) is 71.8 Å². The molecule has 1 aromatic carbocycles. The van der Waals surface area contributed by atoms with Crippen molar-refractivity contribution in [3.05, 3.63) is 71.4 Å². The molecule has 0 bridgehead atoms. The molecule has 5 heterocycles. The van der Waals surface area contributed by atoms with E-state index in [1.54, 1.807) is 32.2 Å². The number of pyridine rings is 1. The number of carbonyl (C=O) groups is 1. The Morgan fingerprint density at radius 3 is 2.63 bits per heavy atom. The van der Waals surface area contributed by atoms with E-state index < -0.39 is 48.2 Å². The number of benzene rings is 1. The summed E-state index contributed by atoms with van der Waals surface area (Å²) in [5.41, 5.74) is 1.30. The van der Waals surface area contributed by atoms with Gasteiger partial charge in [-0.15, -0.1) is 0 Å². The van der Waals surface area contributed by atoms with Crippen molar-refractivity contribution >= 4 is 34.2 Å². The van der Waals surface area contributed by atoms with Crippen molar-refractivity contribution in [2.75, 3.05) is 49.5 Å². The maximum Gasteiger partial charge on any atom is 0.282 e. The molecule has 2 aromatic heterocycles. The zero-order chi connectivity index (χ0) is 30.3. The van der Waals surface area contributed by atoms with Crippen LogP contribution in [0.2, 0.25) is 0 Å². The molecule has 6 rings (SSSR count). The molecule has 0 saturated carbocycles. The van der Waals surface area contributed by atoms with Crippen LogP contribution in [-0.2, 0) is 4.79 Å². The van der Waals surface area contributed by atoms with Crippen LogP contribution >= 0.6 is 0 Å². The number of nitrogens with one attached hydrogen (secondary N) is 3. The first-order chi connectivity index (χ1) is 20.6. The molecule has 3 aliphatic heterocycles. The largest absolute Gasteiger partial charge is 0.457 e. The Morgan fingerprint density at radius 2 is 1.93 bits per heavy atom. The van der Waals surface area contributed by atoms with E-state index in [9.17, 15) is 18.0 Å². The molecule has 1 atom stereocenters. The number of rotatable bonds is 5. The quantitative estimate of drug-likeness (QED) is 0.368. The molecule has 2 saturated heterocycles. The predicted molar refractivity (Wildman–Crippen MR) is 155 cm³/mol. The van der Waals surface area contributed by atoms with Gasteiger partial charge < -0.3 is 30.2 Å². The first kappa shape index (κ1) is 28.7. The number of allylic oxidation sites excluding steroid dienone is 2. The average molecular weight is 598 g/mol. The van der Waals surface area contributed by atoms with Gasteiger partial charge >= 0.3 is 0 Å². The van der Waals surface area contributed by atoms with E-state index in [0.717, 1.165) is 42.8 Å². The fourth-order valence-electron chi connectivity index (χ4n) is 5.41. The summed E-state index contributed by atoms with van der Waals surface area (Å²) in [5, 5.41) is 6.33. The molecule has 2 fully saturated rings. The summed E-state index contributed by atoms with van der Waals surface area (Å²) in [4.78, 5) is 28.7. The number of ether oxygens (including phenoxy) is 1. The van der Waals surface area contributed by atoms with Gasteiger partial charge in [0.2, 0.25) is 0 Å². The van der Waals surface area contributed by atoms with Gasteiger partial charge in [-0.1, -0.05) is 13.0 Å². The number of hydrogen-bond acceptors (Lipinski definition) is 7. The molecule has 0 spiro atoms. The number of carbonyl (C=O) groups excluding carboxylic acids is 1. The first-order valence-corrected chi connectivity index (χ1v) is 14.1. The van der Waals surface area contributed by atoms with Crippen molar-refractivity contribution in [1.29, 1.82) is 0 Å². The molecular weight excluding hydrogens is 566 g/mol. The standard InChI is InChI=1S/C30H31F4N7O2/c1-17-4-3-7-36-28(39-23-6-5-19(14-37-23)40-10-8-35-9-11-40)24(29(42)41-15-30(33,34)16-41)27(17)43-22-13-21(31)26-20(25(22)32)12-18(2)38-26/h3,5-7,12-14,17,35,38H,4,8-11,15-16H2,1-2H3,(H,36,37,39). The number of halogens is 4. The normalized spacial score (nSPS) is 20.4. The summed E-state index contributed by atoms with van der Waals surface area (Å²) >= 11 is 0. The summed E-state index contributed by atoms with van der Waals surface area (Å²) in [6.45, 7) is 5.23. The zero-order valence-corrected chi connectivity index (χ0v) is 23.7. The number of amidine groups is 1. The van der Waals surface area contributed by atoms with Gasteiger partial charge in [0.15, 0.2) is 17.4 Å². The molecule has 1 amide bonds. The number of nitrogens with zero attached hydrogens (tertiary/aromatic N) is 4. The lowest BCUT2D eigenvalue weighted by Crippen LogP contribution is -2.59. The summed E-state index contributed by atoms with van der Waals surface area (Å²) in [5.74, 6) is -6.02. The highest BCUT2D eigenvalue weighted by molar-refractivity contribution is 6.25. The van der Waals surface area contributed by atoms with Gasteiger partial charge in [0.1, 0.15) is 23.0 Å². The topological polar surface area (TPSA) is 97.9 Å². The lowest BCUT2D eigenvalue weighted by Gasteiger charge is -2.39. The Bertz CT molecular complexity index is 1630. The third-order valence-electron chi connectivity index (χ3n) is 7.67. The summed E-state index contributed by atoms with van der Waals surface area (Å²) < 4.78 is 64.3. The second-order valence-corrected chi connectivity index (χ2v) is 11.0. The van der Waals surface area contributed by atoms with Crippen LogP contribution in [0.25, 0.3) is 10.9 Å². The number of aryl methyl sites for hydroxylation is 1. The van der Waals surface area contributed by atoms with E-state index in [2.05, 4.69) is 30.5 Å². The van der Waals surface area contributed by atoms with E-state index in [4.69, 9.17) is 4.74 Å². The number of aromatic amines is 1. The minimum atomic E-state index is -3.02. The van der Waals surface area contributed by atoms with Crippen molar-refractivity contribution in [2.24, 2.45) is 10.9 Å². The molecular formula is C30H31F4N7O2. The number of anilines is 2. The Kier molecular flexibility index (Phi) is 7.59. The summed E-state index contributed by atoms with van der Waals surface area (Å²) in [6, 6.07) is 5.97. The van der Waals surface area contributed by atoms with Crippen LogP contribution in [0.3, 0.4) is 0 Å². The number of likely N-dealkylation sites (tertiary alicyclic amines) is 1. The summed E-state index contributed by atoms with van der Waals surface area (Å²) in [7, 11) is 0. The maximum absolute atomic E-state index is 15.6. The highest BCUT2D eigenvalue weighted by Crippen LogP contribution is 2.35. The molecule has 3 N–H and O–H groups in total. The number of piperazine rings is 1. The van der Waals surface area contributed by atoms with E-state index in [1.807, 2.05) is 6.07 Å². The average Bonchev–Trinajstić information content (AvgIpc) is 3.38. The van der Waals surface area contributed by atoms with Crippen LogP contribution in [0, 0.1) is 24.5 Å². The van der Waals surface area contributed by atoms with Gasteiger partial charge in [0.05, 0.1) is 30.5 Å². The van der Waals surface area contributed by atoms with E-state index in [-0.39, 0.29) is 28.1 Å². The van der Waals surface area contributed by atoms with Gasteiger partial charge in [0.25, 0.3) is 11.8 Å². The fourth-order valence-corrected chi connectivity index (χ4v) is 5.41. The predicted octanol–water partition coefficient (Wildman–Crippen LogP) is 4.73. The van der Waals surface area contributed by atoms with Crippen LogP contribution in [0.1, 0.15) is 19.0 Å². The number of fused-ring (bicyclic) bond motifs is 1. The molecule has 3 aliphatic rings. The SMILES string of the molecule is Cc1cc2c(F)c(OC3=C(C(=O)N4CC(F)(F)C4)C(Nc4ccc(N5CCNCC5)cn4)=NC=CCC3C)cc(F)c2[nH]1. The lowest BCUT2D eigenvalue weighted by atomic mass is 9.97. The Labute approximate surface area is 245 Å². The lowest BCUT2D eigenvalue weighted by molar-refractivity contribution is -0.161. The second kappa shape index (κ2) is 11.4. The maximum atomic E-state index is 15.6. The molecule has 226 valence electrons. The van der Waals surface area contributed by atoms with Crippen LogP contribution in [0.15, 0.2) is 59.1 Å². The molecule has 0 aliphatic carbocycles. The fraction of sp³-hybridized carbons (Fsp3) is 0.367. The minimum absolute atomic E-state index is 0.0108. The van der Waals surface area contributed by atoms with E-state index in [0.29, 0.717) is 17.9 Å². The zero-order valence-electron chi connectivity index (χ0n) is 23.7. The van der Waals surface area contributed by atoms with Crippen molar-refractivity contribution < 1.29 is 27.1 Å². The number of amides is 1. The smallest absolute Gasteiger partial charge is 0.282 e. The molecule has 0 radical (unpaired) electrons. The molecule has 1 unspecified atom stereocenters. The van der Waals surface area contributed by atoms with Crippen LogP contribution in [0.4, 0.5) is 29.1 Å². The van der Waals surface area contributed by atoms with Crippen LogP contribution < -0.4 is 20.3 Å². The number of H-pyrrole nitrogens is 1. The van der Waals surface area contributed by atoms with E-state index in [1.165, 1.54) is 12.3 Å². The van der Waals surface area contributed by atoms with Crippen molar-refractivity contribution in [3.63, 3.8) is 0 Å². The van der Waals surface area contributed by atoms with Gasteiger partial charge in [0, 0.05) is 55.4 Å². The highest BCUT2D eigenvalue weighted by Gasteiger charge is 2.48. The minimum Gasteiger partial charge on any atom is -0.457 e. The molecule has 3 aromatic rings.